The van der Waals surface area contributed by atoms with E-state index in [2.05, 4.69) is 6.07 Å². The summed E-state index contributed by atoms with van der Waals surface area (Å²) in [6.07, 6.45) is -0.223. The molecule has 0 atom stereocenters. The van der Waals surface area contributed by atoms with Crippen molar-refractivity contribution in [3.05, 3.63) is 35.4 Å². The highest BCUT2D eigenvalue weighted by atomic mass is 19.3. The number of benzene rings is 1. The Bertz CT molecular complexity index is 443. The van der Waals surface area contributed by atoms with Crippen molar-refractivity contribution in [1.82, 2.24) is 0 Å². The SMILES string of the molecule is CCC(F)(F)c1ccc(C2(C#N)COC2)cc1. The first-order valence-electron chi connectivity index (χ1n) is 5.52. The van der Waals surface area contributed by atoms with Gasteiger partial charge in [-0.25, -0.2) is 8.78 Å². The molecule has 1 aromatic rings. The maximum absolute atomic E-state index is 13.4. The Hall–Kier alpha value is -1.47. The van der Waals surface area contributed by atoms with Crippen LogP contribution in [0.25, 0.3) is 0 Å². The molecule has 2 rings (SSSR count). The van der Waals surface area contributed by atoms with Crippen LogP contribution in [0.5, 0.6) is 0 Å². The molecule has 0 amide bonds. The van der Waals surface area contributed by atoms with Gasteiger partial charge in [0.15, 0.2) is 0 Å². The number of hydrogen-bond donors (Lipinski definition) is 0. The Morgan fingerprint density at radius 3 is 2.29 bits per heavy atom. The van der Waals surface area contributed by atoms with Gasteiger partial charge in [0.05, 0.1) is 19.3 Å². The quantitative estimate of drug-likeness (QED) is 0.809. The average Bonchev–Trinajstić information content (AvgIpc) is 2.29. The Balaban J connectivity index is 2.28. The predicted octanol–water partition coefficient (Wildman–Crippen LogP) is 2.98. The predicted molar refractivity (Wildman–Crippen MR) is 58.7 cm³/mol. The Kier molecular flexibility index (Phi) is 2.88. The number of nitrogens with zero attached hydrogens (tertiary/aromatic N) is 1. The summed E-state index contributed by atoms with van der Waals surface area (Å²) in [6.45, 7) is 2.13. The van der Waals surface area contributed by atoms with Crippen LogP contribution in [-0.2, 0) is 16.1 Å². The lowest BCUT2D eigenvalue weighted by molar-refractivity contribution is -0.0300. The molecular formula is C13H13F2NO. The standard InChI is InChI=1S/C13H13F2NO/c1-2-13(14,15)11-5-3-10(4-6-11)12(7-16)8-17-9-12/h3-6H,2,8-9H2,1H3. The summed E-state index contributed by atoms with van der Waals surface area (Å²) < 4.78 is 31.8. The fourth-order valence-electron chi connectivity index (χ4n) is 1.84. The van der Waals surface area contributed by atoms with Gasteiger partial charge in [0, 0.05) is 12.0 Å². The molecule has 0 N–H and O–H groups in total. The molecule has 0 bridgehead atoms. The van der Waals surface area contributed by atoms with Crippen LogP contribution < -0.4 is 0 Å². The van der Waals surface area contributed by atoms with E-state index < -0.39 is 11.3 Å². The van der Waals surface area contributed by atoms with Crippen molar-refractivity contribution in [2.24, 2.45) is 0 Å². The third-order valence-electron chi connectivity index (χ3n) is 3.21. The minimum Gasteiger partial charge on any atom is -0.377 e. The monoisotopic (exact) mass is 237 g/mol. The zero-order chi connectivity index (χ0) is 12.5. The van der Waals surface area contributed by atoms with Crippen molar-refractivity contribution in [2.75, 3.05) is 13.2 Å². The van der Waals surface area contributed by atoms with E-state index in [1.807, 2.05) is 0 Å². The van der Waals surface area contributed by atoms with Crippen LogP contribution in [0.3, 0.4) is 0 Å². The zero-order valence-corrected chi connectivity index (χ0v) is 9.54. The summed E-state index contributed by atoms with van der Waals surface area (Å²) in [6, 6.07) is 8.19. The Morgan fingerprint density at radius 2 is 1.94 bits per heavy atom. The molecule has 4 heteroatoms. The van der Waals surface area contributed by atoms with Gasteiger partial charge in [0.2, 0.25) is 0 Å². The van der Waals surface area contributed by atoms with Crippen molar-refractivity contribution < 1.29 is 13.5 Å². The van der Waals surface area contributed by atoms with E-state index in [-0.39, 0.29) is 12.0 Å². The second-order valence-corrected chi connectivity index (χ2v) is 4.32. The molecule has 0 radical (unpaired) electrons. The van der Waals surface area contributed by atoms with E-state index in [0.717, 1.165) is 5.56 Å². The summed E-state index contributed by atoms with van der Waals surface area (Å²) in [5.41, 5.74) is 0.110. The third kappa shape index (κ3) is 1.91. The van der Waals surface area contributed by atoms with Crippen molar-refractivity contribution in [3.8, 4) is 6.07 Å². The molecule has 0 unspecified atom stereocenters. The summed E-state index contributed by atoms with van der Waals surface area (Å²) in [5.74, 6) is -2.80. The second kappa shape index (κ2) is 4.08. The molecule has 2 nitrogen and oxygen atoms in total. The molecule has 1 aliphatic rings. The van der Waals surface area contributed by atoms with Gasteiger partial charge in [-0.15, -0.1) is 0 Å². The second-order valence-electron chi connectivity index (χ2n) is 4.32. The van der Waals surface area contributed by atoms with E-state index in [4.69, 9.17) is 10.00 Å². The highest BCUT2D eigenvalue weighted by molar-refractivity contribution is 5.37. The average molecular weight is 237 g/mol. The maximum atomic E-state index is 13.4. The molecule has 0 saturated carbocycles. The van der Waals surface area contributed by atoms with Crippen LogP contribution in [0.1, 0.15) is 24.5 Å². The normalized spacial score (nSPS) is 18.2. The van der Waals surface area contributed by atoms with E-state index in [1.54, 1.807) is 12.1 Å². The molecular weight excluding hydrogens is 224 g/mol. The lowest BCUT2D eigenvalue weighted by Crippen LogP contribution is -2.45. The highest BCUT2D eigenvalue weighted by Gasteiger charge is 2.41. The first kappa shape index (κ1) is 12.0. The van der Waals surface area contributed by atoms with Crippen molar-refractivity contribution in [1.29, 1.82) is 5.26 Å². The van der Waals surface area contributed by atoms with Gasteiger partial charge in [-0.1, -0.05) is 31.2 Å². The number of hydrogen-bond acceptors (Lipinski definition) is 2. The maximum Gasteiger partial charge on any atom is 0.273 e. The fourth-order valence-corrected chi connectivity index (χ4v) is 1.84. The Labute approximate surface area is 98.8 Å². The minimum absolute atomic E-state index is 0.00270. The number of halogens is 2. The van der Waals surface area contributed by atoms with Gasteiger partial charge >= 0.3 is 0 Å². The number of rotatable bonds is 3. The van der Waals surface area contributed by atoms with E-state index >= 15 is 0 Å². The van der Waals surface area contributed by atoms with Gasteiger partial charge in [-0.05, 0) is 5.56 Å². The van der Waals surface area contributed by atoms with Gasteiger partial charge < -0.3 is 4.74 Å². The van der Waals surface area contributed by atoms with Crippen molar-refractivity contribution in [3.63, 3.8) is 0 Å². The van der Waals surface area contributed by atoms with E-state index in [1.165, 1.54) is 19.1 Å². The van der Waals surface area contributed by atoms with Gasteiger partial charge in [0.25, 0.3) is 5.92 Å². The molecule has 0 spiro atoms. The van der Waals surface area contributed by atoms with Gasteiger partial charge in [-0.3, -0.25) is 0 Å². The molecule has 1 heterocycles. The third-order valence-corrected chi connectivity index (χ3v) is 3.21. The topological polar surface area (TPSA) is 33.0 Å². The minimum atomic E-state index is -2.80. The number of ether oxygens (including phenoxy) is 1. The van der Waals surface area contributed by atoms with Crippen LogP contribution >= 0.6 is 0 Å². The summed E-state index contributed by atoms with van der Waals surface area (Å²) in [7, 11) is 0. The lowest BCUT2D eigenvalue weighted by atomic mass is 9.80. The van der Waals surface area contributed by atoms with Crippen molar-refractivity contribution >= 4 is 0 Å². The zero-order valence-electron chi connectivity index (χ0n) is 9.54. The molecule has 1 fully saturated rings. The molecule has 1 aromatic carbocycles. The number of alkyl halides is 2. The largest absolute Gasteiger partial charge is 0.377 e. The lowest BCUT2D eigenvalue weighted by Gasteiger charge is -2.35. The van der Waals surface area contributed by atoms with Crippen molar-refractivity contribution in [2.45, 2.75) is 24.7 Å². The molecule has 0 aromatic heterocycles. The molecule has 0 aliphatic carbocycles. The number of nitriles is 1. The van der Waals surface area contributed by atoms with Gasteiger partial charge in [0.1, 0.15) is 5.41 Å². The summed E-state index contributed by atoms with van der Waals surface area (Å²) >= 11 is 0. The Morgan fingerprint density at radius 1 is 1.35 bits per heavy atom. The first-order valence-corrected chi connectivity index (χ1v) is 5.52. The molecule has 1 aliphatic heterocycles. The van der Waals surface area contributed by atoms with Crippen LogP contribution in [-0.4, -0.2) is 13.2 Å². The highest BCUT2D eigenvalue weighted by Crippen LogP contribution is 2.35. The summed E-state index contributed by atoms with van der Waals surface area (Å²) in [4.78, 5) is 0. The fraction of sp³-hybridized carbons (Fsp3) is 0.462. The van der Waals surface area contributed by atoms with E-state index in [0.29, 0.717) is 13.2 Å². The van der Waals surface area contributed by atoms with E-state index in [9.17, 15) is 8.78 Å². The summed E-state index contributed by atoms with van der Waals surface area (Å²) in [5, 5.41) is 9.09. The van der Waals surface area contributed by atoms with Gasteiger partial charge in [-0.2, -0.15) is 5.26 Å². The van der Waals surface area contributed by atoms with Crippen LogP contribution in [0.15, 0.2) is 24.3 Å². The molecule has 90 valence electrons. The van der Waals surface area contributed by atoms with Crippen LogP contribution in [0.2, 0.25) is 0 Å². The molecule has 1 saturated heterocycles. The van der Waals surface area contributed by atoms with Crippen LogP contribution in [0.4, 0.5) is 8.78 Å². The van der Waals surface area contributed by atoms with Crippen LogP contribution in [0, 0.1) is 11.3 Å². The first-order chi connectivity index (χ1) is 8.04. The molecule has 17 heavy (non-hydrogen) atoms. The smallest absolute Gasteiger partial charge is 0.273 e.